The van der Waals surface area contributed by atoms with Gasteiger partial charge in [-0.25, -0.2) is 27.9 Å². The number of hydrogen-bond acceptors (Lipinski definition) is 9. The van der Waals surface area contributed by atoms with E-state index in [1.165, 1.54) is 4.90 Å². The van der Waals surface area contributed by atoms with Crippen LogP contribution in [0.5, 0.6) is 0 Å². The van der Waals surface area contributed by atoms with Crippen molar-refractivity contribution in [1.82, 2.24) is 19.7 Å². The van der Waals surface area contributed by atoms with E-state index in [2.05, 4.69) is 26.5 Å². The minimum absolute atomic E-state index is 0.000909. The zero-order valence-corrected chi connectivity index (χ0v) is 23.4. The fraction of sp³-hybridized carbons (Fsp3) is 0.444. The lowest BCUT2D eigenvalue weighted by atomic mass is 9.96. The van der Waals surface area contributed by atoms with Crippen LogP contribution in [-0.4, -0.2) is 57.9 Å². The molecule has 0 aliphatic carbocycles. The molecule has 39 heavy (non-hydrogen) atoms. The molecule has 204 valence electrons. The van der Waals surface area contributed by atoms with Crippen LogP contribution in [0, 0.1) is 18.3 Å². The Kier molecular flexibility index (Phi) is 6.58. The van der Waals surface area contributed by atoms with Crippen molar-refractivity contribution in [2.75, 3.05) is 28.3 Å². The maximum Gasteiger partial charge on any atom is 0.414 e. The van der Waals surface area contributed by atoms with Crippen LogP contribution in [0.3, 0.4) is 0 Å². The number of amides is 1. The summed E-state index contributed by atoms with van der Waals surface area (Å²) in [5.41, 5.74) is 3.22. The highest BCUT2D eigenvalue weighted by Gasteiger charge is 2.36. The molecule has 5 rings (SSSR count). The normalized spacial score (nSPS) is 19.9. The van der Waals surface area contributed by atoms with Crippen molar-refractivity contribution in [3.05, 3.63) is 47.3 Å². The van der Waals surface area contributed by atoms with Crippen molar-refractivity contribution in [2.45, 2.75) is 58.6 Å². The van der Waals surface area contributed by atoms with Crippen LogP contribution < -0.4 is 10.2 Å². The van der Waals surface area contributed by atoms with Crippen LogP contribution in [-0.2, 0) is 14.6 Å². The molecule has 0 radical (unpaired) electrons. The molecule has 0 bridgehead atoms. The fourth-order valence-corrected chi connectivity index (χ4v) is 6.76. The van der Waals surface area contributed by atoms with E-state index in [1.807, 2.05) is 46.8 Å². The molecule has 4 heterocycles. The number of ether oxygens (including phenoxy) is 1. The minimum atomic E-state index is -3.08. The zero-order chi connectivity index (χ0) is 28.1. The average Bonchev–Trinajstić information content (AvgIpc) is 3.51. The van der Waals surface area contributed by atoms with Gasteiger partial charge in [0.2, 0.25) is 5.95 Å². The Bertz CT molecular complexity index is 1600. The smallest absolute Gasteiger partial charge is 0.414 e. The van der Waals surface area contributed by atoms with Gasteiger partial charge in [0, 0.05) is 30.3 Å². The van der Waals surface area contributed by atoms with E-state index < -0.39 is 21.5 Å². The number of nitrogens with one attached hydrogen (secondary N) is 1. The van der Waals surface area contributed by atoms with E-state index in [0.717, 1.165) is 16.8 Å². The van der Waals surface area contributed by atoms with Crippen LogP contribution >= 0.6 is 0 Å². The fourth-order valence-electron chi connectivity index (χ4n) is 5.06. The van der Waals surface area contributed by atoms with Crippen LogP contribution in [0.1, 0.15) is 62.9 Å². The maximum atomic E-state index is 12.9. The van der Waals surface area contributed by atoms with Crippen LogP contribution in [0.25, 0.3) is 11.3 Å². The number of benzene rings is 1. The number of rotatable bonds is 4. The van der Waals surface area contributed by atoms with Crippen molar-refractivity contribution in [1.29, 1.82) is 5.26 Å². The molecule has 12 heteroatoms. The Morgan fingerprint density at radius 3 is 2.69 bits per heavy atom. The molecule has 2 aromatic heterocycles. The number of sulfone groups is 1. The van der Waals surface area contributed by atoms with Gasteiger partial charge < -0.3 is 10.1 Å². The summed E-state index contributed by atoms with van der Waals surface area (Å²) in [5.74, 6) is 1.12. The molecule has 2 atom stereocenters. The third kappa shape index (κ3) is 5.45. The van der Waals surface area contributed by atoms with Gasteiger partial charge in [0.25, 0.3) is 0 Å². The quantitative estimate of drug-likeness (QED) is 0.498. The standard InChI is InChI=1S/C27H31N7O4S/c1-16-14-33(26(35)38-27(3,4)5)24-19(13-28)11-18(12-21(16)24)22-6-8-29-25(30-22)31-23-10-17(2)32-34(23)20-7-9-39(36,37)15-20/h6,8,10-12,16,20H,7,9,14-15H2,1-5H3,(H,29,30,31)/t16-,20?/m1/s1. The summed E-state index contributed by atoms with van der Waals surface area (Å²) in [6.45, 7) is 9.70. The summed E-state index contributed by atoms with van der Waals surface area (Å²) in [6.07, 6.45) is 1.64. The van der Waals surface area contributed by atoms with Crippen molar-refractivity contribution < 1.29 is 17.9 Å². The summed E-state index contributed by atoms with van der Waals surface area (Å²) in [5, 5.41) is 17.7. The van der Waals surface area contributed by atoms with Gasteiger partial charge in [-0.3, -0.25) is 4.90 Å². The van der Waals surface area contributed by atoms with Crippen molar-refractivity contribution >= 4 is 33.4 Å². The van der Waals surface area contributed by atoms with Crippen LogP contribution in [0.2, 0.25) is 0 Å². The summed E-state index contributed by atoms with van der Waals surface area (Å²) in [4.78, 5) is 23.5. The second-order valence-corrected chi connectivity index (χ2v) is 13.4. The van der Waals surface area contributed by atoms with Gasteiger partial charge in [0.15, 0.2) is 9.84 Å². The molecule has 2 aliphatic rings. The number of aromatic nitrogens is 4. The van der Waals surface area contributed by atoms with E-state index in [0.29, 0.717) is 41.7 Å². The Hall–Kier alpha value is -3.98. The molecule has 3 aromatic rings. The van der Waals surface area contributed by atoms with Crippen molar-refractivity contribution in [2.24, 2.45) is 0 Å². The molecule has 1 aromatic carbocycles. The molecule has 0 spiro atoms. The van der Waals surface area contributed by atoms with Gasteiger partial charge in [-0.05, 0) is 57.9 Å². The van der Waals surface area contributed by atoms with Gasteiger partial charge in [0.05, 0.1) is 40.2 Å². The predicted molar refractivity (Wildman–Crippen MR) is 147 cm³/mol. The van der Waals surface area contributed by atoms with E-state index in [1.54, 1.807) is 23.0 Å². The van der Waals surface area contributed by atoms with Gasteiger partial charge >= 0.3 is 6.09 Å². The highest BCUT2D eigenvalue weighted by molar-refractivity contribution is 7.91. The number of fused-ring (bicyclic) bond motifs is 1. The second-order valence-electron chi connectivity index (χ2n) is 11.1. The van der Waals surface area contributed by atoms with Gasteiger partial charge in [-0.15, -0.1) is 0 Å². The molecule has 2 aliphatic heterocycles. The number of anilines is 3. The third-order valence-corrected chi connectivity index (χ3v) is 8.48. The lowest BCUT2D eigenvalue weighted by molar-refractivity contribution is 0.0582. The van der Waals surface area contributed by atoms with E-state index in [-0.39, 0.29) is 23.5 Å². The van der Waals surface area contributed by atoms with Crippen molar-refractivity contribution in [3.63, 3.8) is 0 Å². The number of aryl methyl sites for hydroxylation is 1. The topological polar surface area (TPSA) is 143 Å². The first kappa shape index (κ1) is 26.6. The highest BCUT2D eigenvalue weighted by Crippen LogP contribution is 2.42. The Labute approximate surface area is 227 Å². The first-order chi connectivity index (χ1) is 18.3. The predicted octanol–water partition coefficient (Wildman–Crippen LogP) is 4.48. The number of nitriles is 1. The van der Waals surface area contributed by atoms with Crippen LogP contribution in [0.15, 0.2) is 30.5 Å². The molecular weight excluding hydrogens is 518 g/mol. The van der Waals surface area contributed by atoms with Gasteiger partial charge in [-0.1, -0.05) is 6.92 Å². The number of hydrogen-bond donors (Lipinski definition) is 1. The summed E-state index contributed by atoms with van der Waals surface area (Å²) in [6, 6.07) is 9.25. The summed E-state index contributed by atoms with van der Waals surface area (Å²) in [7, 11) is -3.08. The average molecular weight is 550 g/mol. The lowest BCUT2D eigenvalue weighted by Gasteiger charge is -2.25. The molecular formula is C27H31N7O4S. The van der Waals surface area contributed by atoms with E-state index in [9.17, 15) is 18.5 Å². The molecule has 1 amide bonds. The Morgan fingerprint density at radius 2 is 2.03 bits per heavy atom. The summed E-state index contributed by atoms with van der Waals surface area (Å²) < 4.78 is 31.3. The summed E-state index contributed by atoms with van der Waals surface area (Å²) >= 11 is 0. The first-order valence-corrected chi connectivity index (χ1v) is 14.6. The first-order valence-electron chi connectivity index (χ1n) is 12.8. The maximum absolute atomic E-state index is 12.9. The molecule has 11 nitrogen and oxygen atoms in total. The largest absolute Gasteiger partial charge is 0.443 e. The highest BCUT2D eigenvalue weighted by atomic mass is 32.2. The molecule has 1 fully saturated rings. The SMILES string of the molecule is Cc1cc(Nc2nccc(-c3cc(C#N)c4c(c3)[C@H](C)CN4C(=O)OC(C)(C)C)n2)n(C2CCS(=O)(=O)C2)n1. The number of carbonyl (C=O) groups excluding carboxylic acids is 1. The van der Waals surface area contributed by atoms with Gasteiger partial charge in [0.1, 0.15) is 17.5 Å². The monoisotopic (exact) mass is 549 g/mol. The number of carbonyl (C=O) groups is 1. The van der Waals surface area contributed by atoms with E-state index in [4.69, 9.17) is 4.74 Å². The second kappa shape index (κ2) is 9.64. The molecule has 0 saturated carbocycles. The van der Waals surface area contributed by atoms with Gasteiger partial charge in [-0.2, -0.15) is 10.4 Å². The van der Waals surface area contributed by atoms with E-state index >= 15 is 0 Å². The zero-order valence-electron chi connectivity index (χ0n) is 22.6. The van der Waals surface area contributed by atoms with Crippen molar-refractivity contribution in [3.8, 4) is 17.3 Å². The molecule has 1 N–H and O–H groups in total. The Balaban J connectivity index is 1.46. The third-order valence-electron chi connectivity index (χ3n) is 6.73. The number of nitrogens with zero attached hydrogens (tertiary/aromatic N) is 6. The Morgan fingerprint density at radius 1 is 1.26 bits per heavy atom. The molecule has 1 saturated heterocycles. The van der Waals surface area contributed by atoms with Crippen LogP contribution in [0.4, 0.5) is 22.2 Å². The minimum Gasteiger partial charge on any atom is -0.443 e. The molecule has 1 unspecified atom stereocenters. The lowest BCUT2D eigenvalue weighted by Crippen LogP contribution is -2.36.